The van der Waals surface area contributed by atoms with Gasteiger partial charge in [-0.15, -0.1) is 0 Å². The Morgan fingerprint density at radius 2 is 1.83 bits per heavy atom. The number of hydrogen-bond donors (Lipinski definition) is 1. The minimum atomic E-state index is -0.366. The van der Waals surface area contributed by atoms with Crippen LogP contribution in [0.15, 0.2) is 54.9 Å². The van der Waals surface area contributed by atoms with E-state index >= 15 is 0 Å². The number of nitrogens with one attached hydrogen (secondary N) is 1. The molecule has 6 nitrogen and oxygen atoms in total. The third-order valence-electron chi connectivity index (χ3n) is 3.02. The zero-order valence-corrected chi connectivity index (χ0v) is 13.8. The summed E-state index contributed by atoms with van der Waals surface area (Å²) < 4.78 is 7.07. The number of nitrogens with zero attached hydrogens (tertiary/aromatic N) is 3. The summed E-state index contributed by atoms with van der Waals surface area (Å²) in [6.45, 7) is 0.175. The van der Waals surface area contributed by atoms with Gasteiger partial charge in [0.25, 0.3) is 5.91 Å². The van der Waals surface area contributed by atoms with Gasteiger partial charge in [-0.05, 0) is 42.5 Å². The molecule has 0 aliphatic heterocycles. The van der Waals surface area contributed by atoms with Crippen molar-refractivity contribution in [2.24, 2.45) is 0 Å². The number of carbonyl (C=O) groups is 1. The lowest BCUT2D eigenvalue weighted by Gasteiger charge is -2.06. The molecule has 0 atom stereocenters. The van der Waals surface area contributed by atoms with Gasteiger partial charge in [0.1, 0.15) is 11.6 Å². The molecule has 0 aliphatic rings. The van der Waals surface area contributed by atoms with Crippen LogP contribution in [0.2, 0.25) is 10.0 Å². The second-order valence-corrected chi connectivity index (χ2v) is 5.66. The van der Waals surface area contributed by atoms with E-state index < -0.39 is 0 Å². The molecule has 2 aromatic heterocycles. The van der Waals surface area contributed by atoms with Crippen LogP contribution in [0.3, 0.4) is 0 Å². The van der Waals surface area contributed by atoms with Gasteiger partial charge in [-0.3, -0.25) is 4.79 Å². The van der Waals surface area contributed by atoms with Crippen molar-refractivity contribution in [1.82, 2.24) is 14.8 Å². The molecule has 0 unspecified atom stereocenters. The molecule has 0 spiro atoms. The maximum atomic E-state index is 12.1. The standard InChI is InChI=1S/C16H12Cl2N4O2/c17-11-1-4-13(5-2-11)24-10-22-8-7-14(21-22)16(23)20-15-6-3-12(18)9-19-15/h1-9H,10H2,(H,19,20,23). The van der Waals surface area contributed by atoms with Crippen molar-refractivity contribution in [2.75, 3.05) is 5.32 Å². The first-order valence-corrected chi connectivity index (χ1v) is 7.70. The van der Waals surface area contributed by atoms with Gasteiger partial charge in [0.2, 0.25) is 0 Å². The van der Waals surface area contributed by atoms with Crippen LogP contribution in [0.5, 0.6) is 5.75 Å². The highest BCUT2D eigenvalue weighted by atomic mass is 35.5. The number of halogens is 2. The molecule has 1 aromatic carbocycles. The molecule has 0 saturated carbocycles. The largest absolute Gasteiger partial charge is 0.471 e. The number of aromatic nitrogens is 3. The normalized spacial score (nSPS) is 10.4. The van der Waals surface area contributed by atoms with Crippen LogP contribution in [-0.4, -0.2) is 20.7 Å². The van der Waals surface area contributed by atoms with E-state index in [0.29, 0.717) is 21.6 Å². The summed E-state index contributed by atoms with van der Waals surface area (Å²) in [5, 5.41) is 7.93. The van der Waals surface area contributed by atoms with Gasteiger partial charge in [-0.25, -0.2) is 9.67 Å². The predicted molar refractivity (Wildman–Crippen MR) is 91.5 cm³/mol. The predicted octanol–water partition coefficient (Wildman–Crippen LogP) is 3.87. The average Bonchev–Trinajstić information content (AvgIpc) is 3.06. The Morgan fingerprint density at radius 1 is 1.08 bits per heavy atom. The second-order valence-electron chi connectivity index (χ2n) is 4.78. The number of pyridine rings is 1. The number of ether oxygens (including phenoxy) is 1. The summed E-state index contributed by atoms with van der Waals surface area (Å²) in [5.74, 6) is 0.692. The van der Waals surface area contributed by atoms with Crippen LogP contribution in [0, 0.1) is 0 Å². The monoisotopic (exact) mass is 362 g/mol. The van der Waals surface area contributed by atoms with Gasteiger partial charge in [0.05, 0.1) is 5.02 Å². The molecule has 0 fully saturated rings. The van der Waals surface area contributed by atoms with Crippen LogP contribution in [-0.2, 0) is 6.73 Å². The molecule has 0 aliphatic carbocycles. The fraction of sp³-hybridized carbons (Fsp3) is 0.0625. The molecule has 3 aromatic rings. The maximum Gasteiger partial charge on any atom is 0.277 e. The minimum absolute atomic E-state index is 0.175. The zero-order valence-electron chi connectivity index (χ0n) is 12.3. The molecule has 24 heavy (non-hydrogen) atoms. The number of hydrogen-bond acceptors (Lipinski definition) is 4. The number of benzene rings is 1. The molecule has 0 saturated heterocycles. The Hall–Kier alpha value is -2.57. The van der Waals surface area contributed by atoms with Crippen LogP contribution in [0.25, 0.3) is 0 Å². The highest BCUT2D eigenvalue weighted by Crippen LogP contribution is 2.16. The topological polar surface area (TPSA) is 69.0 Å². The molecule has 0 bridgehead atoms. The van der Waals surface area contributed by atoms with Crippen molar-refractivity contribution >= 4 is 34.9 Å². The van der Waals surface area contributed by atoms with Crippen molar-refractivity contribution < 1.29 is 9.53 Å². The fourth-order valence-electron chi connectivity index (χ4n) is 1.86. The third kappa shape index (κ3) is 4.24. The van der Waals surface area contributed by atoms with Gasteiger partial charge >= 0.3 is 0 Å². The van der Waals surface area contributed by atoms with E-state index in [-0.39, 0.29) is 18.3 Å². The first-order valence-electron chi connectivity index (χ1n) is 6.95. The number of anilines is 1. The van der Waals surface area contributed by atoms with Gasteiger partial charge in [-0.1, -0.05) is 23.2 Å². The van der Waals surface area contributed by atoms with E-state index in [4.69, 9.17) is 27.9 Å². The van der Waals surface area contributed by atoms with E-state index in [1.165, 1.54) is 10.9 Å². The third-order valence-corrected chi connectivity index (χ3v) is 3.49. The number of amides is 1. The van der Waals surface area contributed by atoms with Crippen LogP contribution < -0.4 is 10.1 Å². The van der Waals surface area contributed by atoms with Crippen LogP contribution in [0.1, 0.15) is 10.5 Å². The fourth-order valence-corrected chi connectivity index (χ4v) is 2.09. The van der Waals surface area contributed by atoms with E-state index in [9.17, 15) is 4.79 Å². The Balaban J connectivity index is 1.59. The van der Waals surface area contributed by atoms with Crippen molar-refractivity contribution in [3.8, 4) is 5.75 Å². The Morgan fingerprint density at radius 3 is 2.54 bits per heavy atom. The maximum absolute atomic E-state index is 12.1. The molecular weight excluding hydrogens is 351 g/mol. The van der Waals surface area contributed by atoms with E-state index in [2.05, 4.69) is 15.4 Å². The summed E-state index contributed by atoms with van der Waals surface area (Å²) in [4.78, 5) is 16.1. The average molecular weight is 363 g/mol. The number of rotatable bonds is 5. The molecule has 3 rings (SSSR count). The first kappa shape index (κ1) is 16.3. The summed E-state index contributed by atoms with van der Waals surface area (Å²) in [5.41, 5.74) is 0.256. The van der Waals surface area contributed by atoms with Gasteiger partial charge < -0.3 is 10.1 Å². The van der Waals surface area contributed by atoms with Crippen molar-refractivity contribution in [3.05, 3.63) is 70.6 Å². The molecule has 1 N–H and O–H groups in total. The minimum Gasteiger partial charge on any atom is -0.471 e. The lowest BCUT2D eigenvalue weighted by Crippen LogP contribution is -2.15. The summed E-state index contributed by atoms with van der Waals surface area (Å²) in [6.07, 6.45) is 3.11. The molecule has 0 radical (unpaired) electrons. The van der Waals surface area contributed by atoms with E-state index in [1.807, 2.05) is 0 Å². The van der Waals surface area contributed by atoms with E-state index in [0.717, 1.165) is 0 Å². The first-order chi connectivity index (χ1) is 11.6. The van der Waals surface area contributed by atoms with Crippen molar-refractivity contribution in [2.45, 2.75) is 6.73 Å². The summed E-state index contributed by atoms with van der Waals surface area (Å²) in [6, 6.07) is 11.8. The molecule has 2 heterocycles. The molecule has 1 amide bonds. The zero-order chi connectivity index (χ0) is 16.9. The summed E-state index contributed by atoms with van der Waals surface area (Å²) >= 11 is 11.6. The van der Waals surface area contributed by atoms with Crippen LogP contribution >= 0.6 is 23.2 Å². The van der Waals surface area contributed by atoms with Gasteiger partial charge in [-0.2, -0.15) is 5.10 Å². The SMILES string of the molecule is O=C(Nc1ccc(Cl)cn1)c1ccn(COc2ccc(Cl)cc2)n1. The lowest BCUT2D eigenvalue weighted by atomic mass is 10.3. The second kappa shape index (κ2) is 7.33. The van der Waals surface area contributed by atoms with Crippen LogP contribution in [0.4, 0.5) is 5.82 Å². The molecule has 122 valence electrons. The highest BCUT2D eigenvalue weighted by Gasteiger charge is 2.10. The Bertz CT molecular complexity index is 832. The quantitative estimate of drug-likeness (QED) is 0.747. The smallest absolute Gasteiger partial charge is 0.277 e. The number of carbonyl (C=O) groups excluding carboxylic acids is 1. The lowest BCUT2D eigenvalue weighted by molar-refractivity contribution is 0.102. The molecular formula is C16H12Cl2N4O2. The molecule has 8 heteroatoms. The van der Waals surface area contributed by atoms with Gasteiger partial charge in [0.15, 0.2) is 12.4 Å². The summed E-state index contributed by atoms with van der Waals surface area (Å²) in [7, 11) is 0. The van der Waals surface area contributed by atoms with Gasteiger partial charge in [0, 0.05) is 17.4 Å². The van der Waals surface area contributed by atoms with Crippen molar-refractivity contribution in [3.63, 3.8) is 0 Å². The highest BCUT2D eigenvalue weighted by molar-refractivity contribution is 6.30. The van der Waals surface area contributed by atoms with Crippen molar-refractivity contribution in [1.29, 1.82) is 0 Å². The Kier molecular flexibility index (Phi) is 4.98. The van der Waals surface area contributed by atoms with E-state index in [1.54, 1.807) is 48.7 Å². The Labute approximate surface area is 148 Å².